The van der Waals surface area contributed by atoms with E-state index in [1.54, 1.807) is 23.4 Å². The van der Waals surface area contributed by atoms with Gasteiger partial charge in [-0.1, -0.05) is 0 Å². The highest BCUT2D eigenvalue weighted by molar-refractivity contribution is 5.94. The molecule has 3 aromatic rings. The van der Waals surface area contributed by atoms with Crippen LogP contribution in [-0.2, 0) is 17.9 Å². The molecule has 1 fully saturated rings. The number of imidazole rings is 1. The van der Waals surface area contributed by atoms with Gasteiger partial charge in [0.1, 0.15) is 23.5 Å². The molecule has 0 aliphatic carbocycles. The summed E-state index contributed by atoms with van der Waals surface area (Å²) in [6.07, 6.45) is 3.83. The Kier molecular flexibility index (Phi) is 3.69. The lowest BCUT2D eigenvalue weighted by molar-refractivity contribution is -0.0805. The number of H-pyrrole nitrogens is 2. The minimum absolute atomic E-state index is 0.146. The van der Waals surface area contributed by atoms with Crippen LogP contribution in [0.15, 0.2) is 29.5 Å². The standard InChI is InChI=1S/C18H19N7O3/c1-11-14(21-10-20-11)15-23-22-13-7-28-18(9-25(13)15)4-6-24(8-18)17(27)12-3-2-5-19-16(12)26/h2-3,5,10H,4,6-9H2,1H3,(H,19,26)(H,20,21). The van der Waals surface area contributed by atoms with Gasteiger partial charge >= 0.3 is 0 Å². The second-order valence-electron chi connectivity index (χ2n) is 7.26. The van der Waals surface area contributed by atoms with Crippen LogP contribution in [0, 0.1) is 6.92 Å². The van der Waals surface area contributed by atoms with Gasteiger partial charge in [0.15, 0.2) is 11.6 Å². The first kappa shape index (κ1) is 16.9. The molecule has 1 atom stereocenters. The van der Waals surface area contributed by atoms with Crippen molar-refractivity contribution in [3.05, 3.63) is 52.1 Å². The number of hydrogen-bond acceptors (Lipinski definition) is 6. The van der Waals surface area contributed by atoms with Crippen molar-refractivity contribution < 1.29 is 9.53 Å². The molecular weight excluding hydrogens is 362 g/mol. The number of nitrogens with one attached hydrogen (secondary N) is 2. The summed E-state index contributed by atoms with van der Waals surface area (Å²) < 4.78 is 8.15. The molecule has 1 unspecified atom stereocenters. The zero-order valence-electron chi connectivity index (χ0n) is 15.3. The highest BCUT2D eigenvalue weighted by Crippen LogP contribution is 2.34. The molecule has 0 aromatic carbocycles. The van der Waals surface area contributed by atoms with Crippen molar-refractivity contribution in [1.82, 2.24) is 34.6 Å². The molecule has 2 aliphatic rings. The van der Waals surface area contributed by atoms with Crippen LogP contribution in [-0.4, -0.2) is 59.2 Å². The zero-order chi connectivity index (χ0) is 19.3. The summed E-state index contributed by atoms with van der Waals surface area (Å²) >= 11 is 0. The van der Waals surface area contributed by atoms with Gasteiger partial charge in [0, 0.05) is 18.4 Å². The summed E-state index contributed by atoms with van der Waals surface area (Å²) in [5, 5.41) is 8.52. The predicted molar refractivity (Wildman–Crippen MR) is 97.4 cm³/mol. The van der Waals surface area contributed by atoms with Crippen molar-refractivity contribution in [2.45, 2.75) is 32.1 Å². The Hall–Kier alpha value is -3.27. The van der Waals surface area contributed by atoms with E-state index >= 15 is 0 Å². The van der Waals surface area contributed by atoms with Gasteiger partial charge in [0.2, 0.25) is 0 Å². The van der Waals surface area contributed by atoms with Crippen molar-refractivity contribution in [2.24, 2.45) is 0 Å². The molecule has 3 aromatic heterocycles. The van der Waals surface area contributed by atoms with Gasteiger partial charge in [-0.2, -0.15) is 0 Å². The Morgan fingerprint density at radius 2 is 2.18 bits per heavy atom. The van der Waals surface area contributed by atoms with Gasteiger partial charge in [0.05, 0.1) is 19.4 Å². The molecule has 2 aliphatic heterocycles. The summed E-state index contributed by atoms with van der Waals surface area (Å²) in [7, 11) is 0. The molecule has 10 nitrogen and oxygen atoms in total. The number of ether oxygens (including phenoxy) is 1. The van der Waals surface area contributed by atoms with Crippen LogP contribution in [0.1, 0.15) is 28.3 Å². The number of hydrogen-bond donors (Lipinski definition) is 2. The van der Waals surface area contributed by atoms with E-state index in [2.05, 4.69) is 25.1 Å². The topological polar surface area (TPSA) is 122 Å². The first-order valence-corrected chi connectivity index (χ1v) is 9.10. The van der Waals surface area contributed by atoms with Crippen molar-refractivity contribution >= 4 is 5.91 Å². The third-order valence-corrected chi connectivity index (χ3v) is 5.47. The molecule has 5 rings (SSSR count). The molecule has 0 bridgehead atoms. The van der Waals surface area contributed by atoms with Gasteiger partial charge in [0.25, 0.3) is 11.5 Å². The van der Waals surface area contributed by atoms with E-state index in [0.29, 0.717) is 38.5 Å². The van der Waals surface area contributed by atoms with Crippen molar-refractivity contribution in [3.63, 3.8) is 0 Å². The summed E-state index contributed by atoms with van der Waals surface area (Å²) in [6, 6.07) is 3.20. The Labute approximate surface area is 159 Å². The monoisotopic (exact) mass is 381 g/mol. The summed E-state index contributed by atoms with van der Waals surface area (Å²) in [5.41, 5.74) is 0.925. The molecule has 0 radical (unpaired) electrons. The molecule has 5 heterocycles. The van der Waals surface area contributed by atoms with Crippen LogP contribution in [0.2, 0.25) is 0 Å². The number of rotatable bonds is 2. The third-order valence-electron chi connectivity index (χ3n) is 5.47. The maximum Gasteiger partial charge on any atom is 0.260 e. The normalized spacial score (nSPS) is 21.2. The SMILES string of the molecule is Cc1[nH]cnc1-c1nnc2n1CC1(CCN(C(=O)c3ccc[nH]c3=O)C1)OC2. The minimum Gasteiger partial charge on any atom is -0.363 e. The van der Waals surface area contributed by atoms with E-state index in [4.69, 9.17) is 4.74 Å². The van der Waals surface area contributed by atoms with E-state index in [1.165, 1.54) is 6.20 Å². The number of fused-ring (bicyclic) bond motifs is 1. The summed E-state index contributed by atoms with van der Waals surface area (Å²) in [6.45, 7) is 3.74. The lowest BCUT2D eigenvalue weighted by Gasteiger charge is -2.34. The molecule has 0 saturated carbocycles. The smallest absolute Gasteiger partial charge is 0.260 e. The van der Waals surface area contributed by atoms with Crippen LogP contribution in [0.4, 0.5) is 0 Å². The number of amides is 1. The lowest BCUT2D eigenvalue weighted by atomic mass is 10.0. The summed E-state index contributed by atoms with van der Waals surface area (Å²) in [5.74, 6) is 1.16. The average molecular weight is 381 g/mol. The first-order chi connectivity index (χ1) is 13.6. The van der Waals surface area contributed by atoms with Gasteiger partial charge in [-0.25, -0.2) is 4.98 Å². The van der Waals surface area contributed by atoms with E-state index in [0.717, 1.165) is 17.2 Å². The van der Waals surface area contributed by atoms with Crippen LogP contribution in [0.25, 0.3) is 11.5 Å². The van der Waals surface area contributed by atoms with Crippen molar-refractivity contribution in [2.75, 3.05) is 13.1 Å². The third kappa shape index (κ3) is 2.56. The molecule has 144 valence electrons. The van der Waals surface area contributed by atoms with E-state index < -0.39 is 5.60 Å². The molecule has 1 saturated heterocycles. The Bertz CT molecular complexity index is 1110. The quantitative estimate of drug-likeness (QED) is 0.666. The maximum atomic E-state index is 12.8. The van der Waals surface area contributed by atoms with E-state index in [-0.39, 0.29) is 17.0 Å². The molecular formula is C18H19N7O3. The van der Waals surface area contributed by atoms with Crippen molar-refractivity contribution in [1.29, 1.82) is 0 Å². The van der Waals surface area contributed by atoms with Crippen molar-refractivity contribution in [3.8, 4) is 11.5 Å². The number of pyridine rings is 1. The maximum absolute atomic E-state index is 12.8. The second-order valence-corrected chi connectivity index (χ2v) is 7.26. The molecule has 1 amide bonds. The fourth-order valence-electron chi connectivity index (χ4n) is 3.94. The number of nitrogens with zero attached hydrogens (tertiary/aromatic N) is 5. The Morgan fingerprint density at radius 1 is 1.29 bits per heavy atom. The largest absolute Gasteiger partial charge is 0.363 e. The molecule has 28 heavy (non-hydrogen) atoms. The lowest BCUT2D eigenvalue weighted by Crippen LogP contribution is -2.45. The molecule has 2 N–H and O–H groups in total. The van der Waals surface area contributed by atoms with Crippen LogP contribution in [0.5, 0.6) is 0 Å². The van der Waals surface area contributed by atoms with E-state index in [9.17, 15) is 9.59 Å². The Morgan fingerprint density at radius 3 is 2.96 bits per heavy atom. The fraction of sp³-hybridized carbons (Fsp3) is 0.389. The number of likely N-dealkylation sites (tertiary alicyclic amines) is 1. The number of carbonyl (C=O) groups is 1. The van der Waals surface area contributed by atoms with Gasteiger partial charge in [-0.05, 0) is 25.5 Å². The highest BCUT2D eigenvalue weighted by Gasteiger charge is 2.45. The fourth-order valence-corrected chi connectivity index (χ4v) is 3.94. The van der Waals surface area contributed by atoms with Gasteiger partial charge in [-0.3, -0.25) is 9.59 Å². The number of aryl methyl sites for hydroxylation is 1. The predicted octanol–water partition coefficient (Wildman–Crippen LogP) is 0.480. The van der Waals surface area contributed by atoms with Crippen LogP contribution < -0.4 is 5.56 Å². The average Bonchev–Trinajstić information content (AvgIpc) is 3.40. The summed E-state index contributed by atoms with van der Waals surface area (Å²) in [4.78, 5) is 36.4. The van der Waals surface area contributed by atoms with Gasteiger partial charge < -0.3 is 24.2 Å². The van der Waals surface area contributed by atoms with E-state index in [1.807, 2.05) is 11.5 Å². The Balaban J connectivity index is 1.41. The zero-order valence-corrected chi connectivity index (χ0v) is 15.3. The highest BCUT2D eigenvalue weighted by atomic mass is 16.5. The first-order valence-electron chi connectivity index (χ1n) is 9.10. The molecule has 1 spiro atoms. The number of aromatic amines is 2. The number of carbonyl (C=O) groups excluding carboxylic acids is 1. The van der Waals surface area contributed by atoms with Gasteiger partial charge in [-0.15, -0.1) is 10.2 Å². The van der Waals surface area contributed by atoms with Crippen LogP contribution >= 0.6 is 0 Å². The second kappa shape index (κ2) is 6.13. The molecule has 10 heteroatoms. The van der Waals surface area contributed by atoms with Crippen LogP contribution in [0.3, 0.4) is 0 Å². The number of aromatic nitrogens is 6. The minimum atomic E-state index is -0.522.